The number of aryl methyl sites for hydroxylation is 1. The molecule has 1 atom stereocenters. The number of aliphatic imine (C=N–C) groups is 1. The maximum absolute atomic E-state index is 12.5. The summed E-state index contributed by atoms with van der Waals surface area (Å²) in [6, 6.07) is 5.96. The molecule has 2 rings (SSSR count). The van der Waals surface area contributed by atoms with E-state index in [1.807, 2.05) is 32.0 Å². The lowest BCUT2D eigenvalue weighted by atomic mass is 10.1. The summed E-state index contributed by atoms with van der Waals surface area (Å²) in [6.45, 7) is 4.97. The molecule has 1 heterocycles. The molecule has 1 aromatic carbocycles. The molecule has 146 valence electrons. The summed E-state index contributed by atoms with van der Waals surface area (Å²) in [6.07, 6.45) is -3.50. The predicted molar refractivity (Wildman–Crippen MR) is 96.6 cm³/mol. The smallest absolute Gasteiger partial charge is 0.401 e. The zero-order chi connectivity index (χ0) is 19.2. The summed E-state index contributed by atoms with van der Waals surface area (Å²) >= 11 is 0. The molecule has 0 saturated carbocycles. The van der Waals surface area contributed by atoms with Crippen LogP contribution in [0.1, 0.15) is 24.5 Å². The molecule has 0 aromatic heterocycles. The van der Waals surface area contributed by atoms with Crippen molar-refractivity contribution < 1.29 is 17.9 Å². The van der Waals surface area contributed by atoms with Gasteiger partial charge in [-0.1, -0.05) is 12.1 Å². The van der Waals surface area contributed by atoms with Crippen molar-refractivity contribution in [2.75, 3.05) is 33.3 Å². The number of nitrogens with one attached hydrogen (secondary N) is 2. The number of hydrogen-bond acceptors (Lipinski definition) is 3. The zero-order valence-electron chi connectivity index (χ0n) is 15.5. The number of alkyl halides is 3. The molecule has 0 amide bonds. The number of guanidine groups is 1. The van der Waals surface area contributed by atoms with Gasteiger partial charge in [0.05, 0.1) is 13.2 Å². The van der Waals surface area contributed by atoms with Crippen LogP contribution in [0.5, 0.6) is 5.75 Å². The van der Waals surface area contributed by atoms with E-state index in [9.17, 15) is 13.2 Å². The van der Waals surface area contributed by atoms with Gasteiger partial charge in [0.15, 0.2) is 5.96 Å². The fourth-order valence-electron chi connectivity index (χ4n) is 3.01. The van der Waals surface area contributed by atoms with Crippen molar-refractivity contribution in [3.8, 4) is 5.75 Å². The van der Waals surface area contributed by atoms with E-state index in [2.05, 4.69) is 15.6 Å². The van der Waals surface area contributed by atoms with E-state index in [1.165, 1.54) is 4.90 Å². The number of benzene rings is 1. The molecular formula is C18H27F3N4O. The third kappa shape index (κ3) is 6.40. The van der Waals surface area contributed by atoms with Crippen molar-refractivity contribution in [3.05, 3.63) is 29.3 Å². The van der Waals surface area contributed by atoms with Crippen LogP contribution in [0.25, 0.3) is 0 Å². The molecule has 8 heteroatoms. The van der Waals surface area contributed by atoms with Crippen molar-refractivity contribution in [1.82, 2.24) is 15.5 Å². The quantitative estimate of drug-likeness (QED) is 0.596. The highest BCUT2D eigenvalue weighted by atomic mass is 19.4. The van der Waals surface area contributed by atoms with Gasteiger partial charge in [0, 0.05) is 38.3 Å². The number of nitrogens with zero attached hydrogens (tertiary/aromatic N) is 2. The summed E-state index contributed by atoms with van der Waals surface area (Å²) < 4.78 is 43.1. The Balaban J connectivity index is 1.87. The van der Waals surface area contributed by atoms with Crippen LogP contribution in [0.2, 0.25) is 0 Å². The first-order valence-electron chi connectivity index (χ1n) is 8.79. The molecule has 26 heavy (non-hydrogen) atoms. The lowest BCUT2D eigenvalue weighted by Gasteiger charge is -2.20. The Morgan fingerprint density at radius 3 is 2.81 bits per heavy atom. The van der Waals surface area contributed by atoms with E-state index in [-0.39, 0.29) is 6.04 Å². The molecule has 5 nitrogen and oxygen atoms in total. The van der Waals surface area contributed by atoms with Gasteiger partial charge in [0.2, 0.25) is 0 Å². The van der Waals surface area contributed by atoms with Crippen LogP contribution in [0.15, 0.2) is 23.2 Å². The van der Waals surface area contributed by atoms with Crippen LogP contribution in [0, 0.1) is 6.92 Å². The van der Waals surface area contributed by atoms with E-state index in [4.69, 9.17) is 4.74 Å². The lowest BCUT2D eigenvalue weighted by molar-refractivity contribution is -0.143. The standard InChI is InChI=1S/C18H27F3N4O/c1-4-26-16-9-13(2)5-6-14(16)10-23-17(22-3)24-15-7-8-25(11-15)12-18(19,20)21/h5-6,9,15H,4,7-8,10-12H2,1-3H3,(H2,22,23,24). The van der Waals surface area contributed by atoms with Gasteiger partial charge in [-0.05, 0) is 31.9 Å². The Labute approximate surface area is 152 Å². The van der Waals surface area contributed by atoms with Gasteiger partial charge < -0.3 is 15.4 Å². The number of rotatable bonds is 6. The molecule has 1 fully saturated rings. The average molecular weight is 372 g/mol. The topological polar surface area (TPSA) is 48.9 Å². The van der Waals surface area contributed by atoms with E-state index >= 15 is 0 Å². The van der Waals surface area contributed by atoms with Crippen LogP contribution in [-0.2, 0) is 6.54 Å². The first-order chi connectivity index (χ1) is 12.3. The van der Waals surface area contributed by atoms with E-state index < -0.39 is 12.7 Å². The normalized spacial score (nSPS) is 18.8. The monoisotopic (exact) mass is 372 g/mol. The Morgan fingerprint density at radius 2 is 2.15 bits per heavy atom. The molecule has 0 spiro atoms. The highest BCUT2D eigenvalue weighted by Gasteiger charge is 2.34. The maximum Gasteiger partial charge on any atom is 0.401 e. The van der Waals surface area contributed by atoms with Gasteiger partial charge >= 0.3 is 6.18 Å². The number of ether oxygens (including phenoxy) is 1. The van der Waals surface area contributed by atoms with Crippen LogP contribution >= 0.6 is 0 Å². The molecule has 1 unspecified atom stereocenters. The van der Waals surface area contributed by atoms with Gasteiger partial charge in [-0.15, -0.1) is 0 Å². The van der Waals surface area contributed by atoms with E-state index in [1.54, 1.807) is 7.05 Å². The van der Waals surface area contributed by atoms with Crippen LogP contribution in [0.3, 0.4) is 0 Å². The first-order valence-corrected chi connectivity index (χ1v) is 8.79. The second kappa shape index (κ2) is 9.12. The predicted octanol–water partition coefficient (Wildman–Crippen LogP) is 2.70. The van der Waals surface area contributed by atoms with Gasteiger partial charge in [0.25, 0.3) is 0 Å². The SMILES string of the molecule is CCOc1cc(C)ccc1CNC(=NC)NC1CCN(CC(F)(F)F)C1. The number of likely N-dealkylation sites (tertiary alicyclic amines) is 1. The second-order valence-corrected chi connectivity index (χ2v) is 6.45. The van der Waals surface area contributed by atoms with Crippen molar-refractivity contribution in [3.63, 3.8) is 0 Å². The summed E-state index contributed by atoms with van der Waals surface area (Å²) in [5.74, 6) is 1.40. The van der Waals surface area contributed by atoms with Crippen molar-refractivity contribution in [2.24, 2.45) is 4.99 Å². The molecule has 0 bridgehead atoms. The molecule has 1 aromatic rings. The van der Waals surface area contributed by atoms with Crippen LogP contribution in [0.4, 0.5) is 13.2 Å². The fraction of sp³-hybridized carbons (Fsp3) is 0.611. The van der Waals surface area contributed by atoms with Gasteiger partial charge in [-0.25, -0.2) is 0 Å². The minimum Gasteiger partial charge on any atom is -0.494 e. The third-order valence-electron chi connectivity index (χ3n) is 4.21. The molecule has 1 saturated heterocycles. The number of hydrogen-bond donors (Lipinski definition) is 2. The van der Waals surface area contributed by atoms with Crippen molar-refractivity contribution >= 4 is 5.96 Å². The second-order valence-electron chi connectivity index (χ2n) is 6.45. The summed E-state index contributed by atoms with van der Waals surface area (Å²) in [5, 5.41) is 6.42. The molecule has 0 aliphatic carbocycles. The average Bonchev–Trinajstić information content (AvgIpc) is 2.98. The summed E-state index contributed by atoms with van der Waals surface area (Å²) in [5.41, 5.74) is 2.13. The Bertz CT molecular complexity index is 619. The summed E-state index contributed by atoms with van der Waals surface area (Å²) in [4.78, 5) is 5.59. The molecule has 0 radical (unpaired) electrons. The first kappa shape index (κ1) is 20.4. The third-order valence-corrected chi connectivity index (χ3v) is 4.21. The Kier molecular flexibility index (Phi) is 7.14. The largest absolute Gasteiger partial charge is 0.494 e. The number of halogens is 3. The minimum absolute atomic E-state index is 0.0482. The van der Waals surface area contributed by atoms with E-state index in [0.29, 0.717) is 38.6 Å². The highest BCUT2D eigenvalue weighted by molar-refractivity contribution is 5.80. The van der Waals surface area contributed by atoms with Crippen LogP contribution < -0.4 is 15.4 Å². The van der Waals surface area contributed by atoms with Gasteiger partial charge in [0.1, 0.15) is 5.75 Å². The van der Waals surface area contributed by atoms with Crippen LogP contribution in [-0.4, -0.2) is 56.4 Å². The van der Waals surface area contributed by atoms with Crippen molar-refractivity contribution in [1.29, 1.82) is 0 Å². The fourth-order valence-corrected chi connectivity index (χ4v) is 3.01. The molecular weight excluding hydrogens is 345 g/mol. The maximum atomic E-state index is 12.5. The van der Waals surface area contributed by atoms with Crippen molar-refractivity contribution in [2.45, 2.75) is 39.0 Å². The Hall–Kier alpha value is -1.96. The molecule has 1 aliphatic heterocycles. The van der Waals surface area contributed by atoms with E-state index in [0.717, 1.165) is 16.9 Å². The molecule has 1 aliphatic rings. The summed E-state index contributed by atoms with van der Waals surface area (Å²) in [7, 11) is 1.65. The Morgan fingerprint density at radius 1 is 1.38 bits per heavy atom. The zero-order valence-corrected chi connectivity index (χ0v) is 15.5. The molecule has 2 N–H and O–H groups in total. The highest BCUT2D eigenvalue weighted by Crippen LogP contribution is 2.21. The minimum atomic E-state index is -4.16. The van der Waals surface area contributed by atoms with Gasteiger partial charge in [-0.2, -0.15) is 13.2 Å². The lowest BCUT2D eigenvalue weighted by Crippen LogP contribution is -2.44. The van der Waals surface area contributed by atoms with Gasteiger partial charge in [-0.3, -0.25) is 9.89 Å².